The molecule has 0 spiro atoms. The van der Waals surface area contributed by atoms with Crippen molar-refractivity contribution < 1.29 is 4.39 Å². The van der Waals surface area contributed by atoms with E-state index in [-0.39, 0.29) is 5.15 Å². The molecule has 2 rings (SSSR count). The van der Waals surface area contributed by atoms with Crippen LogP contribution in [-0.2, 0) is 0 Å². The molecule has 17 heavy (non-hydrogen) atoms. The zero-order valence-corrected chi connectivity index (χ0v) is 11.0. The van der Waals surface area contributed by atoms with Crippen molar-refractivity contribution in [2.75, 3.05) is 0 Å². The monoisotopic (exact) mass is 311 g/mol. The number of benzene rings is 1. The van der Waals surface area contributed by atoms with Crippen molar-refractivity contribution in [3.8, 4) is 0 Å². The molecule has 1 nitrogen and oxygen atoms in total. The summed E-state index contributed by atoms with van der Waals surface area (Å²) in [5.74, 6) is -0.407. The van der Waals surface area contributed by atoms with Crippen LogP contribution in [0.4, 0.5) is 4.39 Å². The van der Waals surface area contributed by atoms with Crippen molar-refractivity contribution in [1.29, 1.82) is 0 Å². The summed E-state index contributed by atoms with van der Waals surface area (Å²) in [5.41, 5.74) is 1.05. The fraction of sp³-hybridized carbons (Fsp3) is 0. The maximum Gasteiger partial charge on any atom is 0.139 e. The Morgan fingerprint density at radius 1 is 1.24 bits per heavy atom. The third-order valence-corrected chi connectivity index (χ3v) is 3.23. The van der Waals surface area contributed by atoms with Crippen molar-refractivity contribution in [3.05, 3.63) is 63.3 Å². The third-order valence-electron chi connectivity index (χ3n) is 2.20. The van der Waals surface area contributed by atoms with Crippen LogP contribution in [0.1, 0.15) is 11.1 Å². The second-order valence-corrected chi connectivity index (χ2v) is 4.57. The van der Waals surface area contributed by atoms with Gasteiger partial charge in [-0.3, -0.25) is 0 Å². The Labute approximate surface area is 112 Å². The lowest BCUT2D eigenvalue weighted by molar-refractivity contribution is 0.764. The van der Waals surface area contributed by atoms with Crippen LogP contribution in [0.25, 0.3) is 11.9 Å². The van der Waals surface area contributed by atoms with Gasteiger partial charge in [-0.25, -0.2) is 9.37 Å². The molecule has 0 fully saturated rings. The summed E-state index contributed by atoms with van der Waals surface area (Å²) in [5, 5.41) is 0.160. The molecule has 0 aliphatic rings. The molecule has 0 saturated carbocycles. The van der Waals surface area contributed by atoms with E-state index in [0.29, 0.717) is 5.56 Å². The highest BCUT2D eigenvalue weighted by atomic mass is 79.9. The normalized spacial score (nSPS) is 11.6. The minimum absolute atomic E-state index is 0.160. The molecule has 1 aromatic heterocycles. The quantitative estimate of drug-likeness (QED) is 0.714. The molecule has 2 aromatic rings. The molecule has 1 heterocycles. The predicted octanol–water partition coefficient (Wildman–Crippen LogP) is 4.97. The lowest BCUT2D eigenvalue weighted by Crippen LogP contribution is -1.84. The zero-order chi connectivity index (χ0) is 12.3. The smallest absolute Gasteiger partial charge is 0.139 e. The summed E-state index contributed by atoms with van der Waals surface area (Å²) < 4.78 is 14.8. The van der Waals surface area contributed by atoms with Crippen molar-refractivity contribution in [3.63, 3.8) is 0 Å². The molecule has 0 radical (unpaired) electrons. The second-order valence-electron chi connectivity index (χ2n) is 3.36. The van der Waals surface area contributed by atoms with Crippen LogP contribution >= 0.6 is 27.5 Å². The fourth-order valence-electron chi connectivity index (χ4n) is 1.37. The first-order valence-electron chi connectivity index (χ1n) is 4.91. The largest absolute Gasteiger partial charge is 0.244 e. The van der Waals surface area contributed by atoms with Crippen molar-refractivity contribution in [1.82, 2.24) is 4.98 Å². The summed E-state index contributed by atoms with van der Waals surface area (Å²) >= 11 is 9.18. The highest BCUT2D eigenvalue weighted by Gasteiger charge is 2.07. The van der Waals surface area contributed by atoms with E-state index in [2.05, 4.69) is 20.9 Å². The molecule has 0 N–H and O–H groups in total. The van der Waals surface area contributed by atoms with Gasteiger partial charge in [0.05, 0.1) is 0 Å². The highest BCUT2D eigenvalue weighted by Crippen LogP contribution is 2.27. The molecule has 0 aliphatic carbocycles. The van der Waals surface area contributed by atoms with E-state index in [9.17, 15) is 4.39 Å². The van der Waals surface area contributed by atoms with Gasteiger partial charge in [0, 0.05) is 16.2 Å². The van der Waals surface area contributed by atoms with Crippen LogP contribution in [-0.4, -0.2) is 4.98 Å². The first-order valence-corrected chi connectivity index (χ1v) is 6.08. The molecule has 4 heteroatoms. The van der Waals surface area contributed by atoms with Crippen molar-refractivity contribution >= 4 is 39.4 Å². The minimum Gasteiger partial charge on any atom is -0.244 e. The second kappa shape index (κ2) is 5.43. The predicted molar refractivity (Wildman–Crippen MR) is 72.4 cm³/mol. The summed E-state index contributed by atoms with van der Waals surface area (Å²) in [6.07, 6.45) is 2.95. The molecular weight excluding hydrogens is 305 g/mol. The average Bonchev–Trinajstić information content (AvgIpc) is 2.32. The van der Waals surface area contributed by atoms with Crippen LogP contribution in [0.5, 0.6) is 0 Å². The van der Waals surface area contributed by atoms with E-state index in [4.69, 9.17) is 11.6 Å². The van der Waals surface area contributed by atoms with E-state index in [1.807, 2.05) is 24.3 Å². The van der Waals surface area contributed by atoms with Crippen molar-refractivity contribution in [2.24, 2.45) is 0 Å². The van der Waals surface area contributed by atoms with Gasteiger partial charge in [-0.2, -0.15) is 0 Å². The maximum absolute atomic E-state index is 14.0. The number of hydrogen-bond acceptors (Lipinski definition) is 1. The third kappa shape index (κ3) is 2.93. The Bertz CT molecular complexity index is 569. The highest BCUT2D eigenvalue weighted by molar-refractivity contribution is 9.10. The van der Waals surface area contributed by atoms with E-state index in [1.54, 1.807) is 12.1 Å². The Balaban J connectivity index is 2.42. The Morgan fingerprint density at radius 3 is 2.71 bits per heavy atom. The van der Waals surface area contributed by atoms with E-state index < -0.39 is 5.83 Å². The molecule has 1 aromatic carbocycles. The topological polar surface area (TPSA) is 12.9 Å². The number of aromatic nitrogens is 1. The summed E-state index contributed by atoms with van der Waals surface area (Å²) in [6.45, 7) is 0. The zero-order valence-electron chi connectivity index (χ0n) is 8.70. The van der Waals surface area contributed by atoms with Gasteiger partial charge in [-0.15, -0.1) is 0 Å². The number of rotatable bonds is 2. The Kier molecular flexibility index (Phi) is 3.92. The molecule has 0 bridgehead atoms. The molecule has 0 unspecified atom stereocenters. The van der Waals surface area contributed by atoms with Crippen LogP contribution < -0.4 is 0 Å². The minimum atomic E-state index is -0.407. The fourth-order valence-corrected chi connectivity index (χ4v) is 1.98. The van der Waals surface area contributed by atoms with E-state index in [1.165, 1.54) is 12.3 Å². The van der Waals surface area contributed by atoms with Gasteiger partial charge in [-0.05, 0) is 29.8 Å². The number of halogens is 3. The first-order chi connectivity index (χ1) is 8.18. The van der Waals surface area contributed by atoms with Gasteiger partial charge in [0.15, 0.2) is 0 Å². The Hall–Kier alpha value is -1.19. The van der Waals surface area contributed by atoms with Gasteiger partial charge < -0.3 is 0 Å². The van der Waals surface area contributed by atoms with Gasteiger partial charge >= 0.3 is 0 Å². The molecule has 0 atom stereocenters. The lowest BCUT2D eigenvalue weighted by atomic mass is 10.1. The molecule has 0 amide bonds. The van der Waals surface area contributed by atoms with Crippen LogP contribution in [0.3, 0.4) is 0 Å². The maximum atomic E-state index is 14.0. The molecule has 0 saturated heterocycles. The standard InChI is InChI=1S/C13H8BrClFN/c14-11-6-2-1-4-9(11)8-12(16)10-5-3-7-17-13(10)15/h1-8H/b12-8-. The summed E-state index contributed by atoms with van der Waals surface area (Å²) in [7, 11) is 0. The van der Waals surface area contributed by atoms with Gasteiger partial charge in [0.2, 0.25) is 0 Å². The molecule has 86 valence electrons. The van der Waals surface area contributed by atoms with E-state index in [0.717, 1.165) is 10.0 Å². The first kappa shape index (κ1) is 12.3. The average molecular weight is 313 g/mol. The Morgan fingerprint density at radius 2 is 2.00 bits per heavy atom. The molecular formula is C13H8BrClFN. The van der Waals surface area contributed by atoms with Crippen LogP contribution in [0.15, 0.2) is 47.1 Å². The number of nitrogens with zero attached hydrogens (tertiary/aromatic N) is 1. The summed E-state index contributed by atoms with van der Waals surface area (Å²) in [4.78, 5) is 3.84. The number of hydrogen-bond donors (Lipinski definition) is 0. The SMILES string of the molecule is F/C(=C\c1ccccc1Br)c1cccnc1Cl. The number of pyridine rings is 1. The molecule has 0 aliphatic heterocycles. The van der Waals surface area contributed by atoms with E-state index >= 15 is 0 Å². The van der Waals surface area contributed by atoms with Gasteiger partial charge in [0.25, 0.3) is 0 Å². The van der Waals surface area contributed by atoms with Crippen LogP contribution in [0.2, 0.25) is 5.15 Å². The van der Waals surface area contributed by atoms with Crippen molar-refractivity contribution in [2.45, 2.75) is 0 Å². The van der Waals surface area contributed by atoms with Gasteiger partial charge in [-0.1, -0.05) is 45.7 Å². The van der Waals surface area contributed by atoms with Crippen LogP contribution in [0, 0.1) is 0 Å². The summed E-state index contributed by atoms with van der Waals surface area (Å²) in [6, 6.07) is 10.6. The lowest BCUT2D eigenvalue weighted by Gasteiger charge is -2.01. The van der Waals surface area contributed by atoms with Gasteiger partial charge in [0.1, 0.15) is 11.0 Å².